The highest BCUT2D eigenvalue weighted by atomic mass is 31.3. The van der Waals surface area contributed by atoms with Crippen LogP contribution in [0, 0.1) is 6.08 Å². The summed E-state index contributed by atoms with van der Waals surface area (Å²) in [6.45, 7) is -0.888. The Morgan fingerprint density at radius 3 is 2.57 bits per heavy atom. The lowest BCUT2D eigenvalue weighted by Gasteiger charge is -2.17. The fourth-order valence-electron chi connectivity index (χ4n) is 2.52. The van der Waals surface area contributed by atoms with E-state index < -0.39 is 52.9 Å². The summed E-state index contributed by atoms with van der Waals surface area (Å²) < 4.78 is 49.9. The fraction of sp³-hybridized carbons (Fsp3) is 0.500. The third-order valence-electron chi connectivity index (χ3n) is 3.64. The number of rotatable bonds is 6. The number of anilines is 1. The standard InChI is InChI=1S/C10H14FN5O10P2/c11-10-14-7(12)4-8(15-10)16(2-13-4)9-6(18)5(17)3(25-9)1-24-28(22,23)26-27(19,20)21/h2-3,5-6,9,17-18H,1H2,(H,22,23)(H2,12,14,15)(H2,19,20,21)/t3-,5-,6-,9-/m1/s1. The number of nitrogens with zero attached hydrogens (tertiary/aromatic N) is 4. The van der Waals surface area contributed by atoms with Crippen molar-refractivity contribution in [1.82, 2.24) is 19.5 Å². The van der Waals surface area contributed by atoms with Gasteiger partial charge in [-0.05, 0) is 0 Å². The van der Waals surface area contributed by atoms with Gasteiger partial charge in [0.25, 0.3) is 0 Å². The topological polar surface area (TPSA) is 233 Å². The predicted octanol–water partition coefficient (Wildman–Crippen LogP) is -1.61. The van der Waals surface area contributed by atoms with E-state index in [0.29, 0.717) is 0 Å². The van der Waals surface area contributed by atoms with Crippen LogP contribution in [0.5, 0.6) is 0 Å². The van der Waals surface area contributed by atoms with Crippen molar-refractivity contribution in [3.8, 4) is 0 Å². The zero-order chi connectivity index (χ0) is 20.9. The Balaban J connectivity index is 1.78. The maximum Gasteiger partial charge on any atom is 0.481 e. The molecule has 3 rings (SSSR count). The first-order valence-electron chi connectivity index (χ1n) is 7.29. The number of hydrogen-bond acceptors (Lipinski definition) is 11. The van der Waals surface area contributed by atoms with Crippen LogP contribution in [0.25, 0.3) is 11.2 Å². The monoisotopic (exact) mass is 445 g/mol. The minimum Gasteiger partial charge on any atom is -0.387 e. The Labute approximate surface area is 154 Å². The average molecular weight is 445 g/mol. The molecule has 2 aromatic rings. The Hall–Kier alpha value is -1.58. The van der Waals surface area contributed by atoms with Crippen molar-refractivity contribution in [1.29, 1.82) is 0 Å². The molecule has 18 heteroatoms. The molecule has 0 saturated carbocycles. The number of aliphatic hydroxyl groups is 2. The number of halogens is 1. The number of nitrogens with two attached hydrogens (primary N) is 1. The summed E-state index contributed by atoms with van der Waals surface area (Å²) in [5, 5.41) is 20.2. The number of imidazole rings is 1. The van der Waals surface area contributed by atoms with Gasteiger partial charge in [-0.2, -0.15) is 18.7 Å². The molecule has 7 N–H and O–H groups in total. The summed E-state index contributed by atoms with van der Waals surface area (Å²) >= 11 is 0. The number of ether oxygens (including phenoxy) is 1. The molecule has 1 saturated heterocycles. The minimum absolute atomic E-state index is 0.00120. The number of phosphoric acid groups is 2. The van der Waals surface area contributed by atoms with Crippen LogP contribution in [0.4, 0.5) is 10.2 Å². The van der Waals surface area contributed by atoms with Crippen LogP contribution >= 0.6 is 15.6 Å². The number of aromatic nitrogens is 4. The van der Waals surface area contributed by atoms with E-state index in [1.165, 1.54) is 0 Å². The summed E-state index contributed by atoms with van der Waals surface area (Å²) in [4.78, 5) is 37.0. The molecular formula is C10H14FN5O10P2. The Kier molecular flexibility index (Phi) is 5.55. The molecule has 0 amide bonds. The van der Waals surface area contributed by atoms with Gasteiger partial charge in [-0.25, -0.2) is 14.1 Å². The largest absolute Gasteiger partial charge is 0.481 e. The molecular weight excluding hydrogens is 431 g/mol. The molecule has 0 aromatic carbocycles. The first kappa shape index (κ1) is 21.1. The zero-order valence-electron chi connectivity index (χ0n) is 13.5. The molecule has 156 valence electrons. The van der Waals surface area contributed by atoms with Gasteiger partial charge in [-0.15, -0.1) is 0 Å². The van der Waals surface area contributed by atoms with Crippen molar-refractivity contribution in [3.05, 3.63) is 12.4 Å². The van der Waals surface area contributed by atoms with E-state index in [1.807, 2.05) is 0 Å². The van der Waals surface area contributed by atoms with Gasteiger partial charge in [-0.3, -0.25) is 9.09 Å². The fourth-order valence-corrected chi connectivity index (χ4v) is 4.12. The number of phosphoric ester groups is 1. The van der Waals surface area contributed by atoms with E-state index >= 15 is 0 Å². The van der Waals surface area contributed by atoms with E-state index in [1.54, 1.807) is 0 Å². The minimum atomic E-state index is -5.33. The van der Waals surface area contributed by atoms with E-state index in [9.17, 15) is 28.6 Å². The first-order valence-corrected chi connectivity index (χ1v) is 10.3. The average Bonchev–Trinajstić information content (AvgIpc) is 3.06. The van der Waals surface area contributed by atoms with Crippen molar-refractivity contribution in [3.63, 3.8) is 0 Å². The highest BCUT2D eigenvalue weighted by molar-refractivity contribution is 7.60. The van der Waals surface area contributed by atoms with Gasteiger partial charge in [0, 0.05) is 0 Å². The van der Waals surface area contributed by atoms with Crippen LogP contribution in [0.3, 0.4) is 0 Å². The molecule has 5 atom stereocenters. The quantitative estimate of drug-likeness (QED) is 0.217. The third kappa shape index (κ3) is 4.36. The van der Waals surface area contributed by atoms with E-state index in [-0.39, 0.29) is 17.0 Å². The summed E-state index contributed by atoms with van der Waals surface area (Å²) in [5.74, 6) is -0.273. The lowest BCUT2D eigenvalue weighted by molar-refractivity contribution is -0.0503. The lowest BCUT2D eigenvalue weighted by Crippen LogP contribution is -2.33. The van der Waals surface area contributed by atoms with Gasteiger partial charge in [0.05, 0.1) is 12.9 Å². The van der Waals surface area contributed by atoms with E-state index in [0.717, 1.165) is 10.9 Å². The van der Waals surface area contributed by atoms with Crippen molar-refractivity contribution in [2.75, 3.05) is 12.3 Å². The van der Waals surface area contributed by atoms with Crippen molar-refractivity contribution < 1.29 is 52.0 Å². The molecule has 15 nitrogen and oxygen atoms in total. The molecule has 1 fully saturated rings. The molecule has 28 heavy (non-hydrogen) atoms. The van der Waals surface area contributed by atoms with Gasteiger partial charge >= 0.3 is 21.7 Å². The van der Waals surface area contributed by atoms with Gasteiger partial charge in [-0.1, -0.05) is 0 Å². The molecule has 0 spiro atoms. The molecule has 3 heterocycles. The number of hydrogen-bond donors (Lipinski definition) is 6. The van der Waals surface area contributed by atoms with E-state index in [4.69, 9.17) is 20.3 Å². The van der Waals surface area contributed by atoms with Gasteiger partial charge in [0.1, 0.15) is 18.3 Å². The van der Waals surface area contributed by atoms with Crippen LogP contribution in [0.2, 0.25) is 0 Å². The molecule has 0 radical (unpaired) electrons. The number of fused-ring (bicyclic) bond motifs is 1. The SMILES string of the molecule is Nc1nc(F)nc2c1ncn2[C@@H]1O[C@H](COP(=O)(O)OP(=O)(O)O)[C@@H](O)[C@H]1O. The van der Waals surface area contributed by atoms with Gasteiger partial charge in [0.2, 0.25) is 0 Å². The summed E-state index contributed by atoms with van der Waals surface area (Å²) in [6, 6.07) is 0. The van der Waals surface area contributed by atoms with Gasteiger partial charge in [0.15, 0.2) is 23.2 Å². The second kappa shape index (κ2) is 7.35. The highest BCUT2D eigenvalue weighted by Crippen LogP contribution is 2.57. The van der Waals surface area contributed by atoms with Crippen LogP contribution in [0.1, 0.15) is 6.23 Å². The Morgan fingerprint density at radius 2 is 1.93 bits per heavy atom. The second-order valence-electron chi connectivity index (χ2n) is 5.58. The van der Waals surface area contributed by atoms with E-state index in [2.05, 4.69) is 23.8 Å². The number of nitrogen functional groups attached to an aromatic ring is 1. The molecule has 0 bridgehead atoms. The summed E-state index contributed by atoms with van der Waals surface area (Å²) in [7, 11) is -10.5. The van der Waals surface area contributed by atoms with Crippen molar-refractivity contribution in [2.24, 2.45) is 0 Å². The lowest BCUT2D eigenvalue weighted by atomic mass is 10.1. The Morgan fingerprint density at radius 1 is 1.25 bits per heavy atom. The molecule has 0 aliphatic carbocycles. The van der Waals surface area contributed by atoms with Crippen LogP contribution in [0.15, 0.2) is 6.33 Å². The predicted molar refractivity (Wildman–Crippen MR) is 84.5 cm³/mol. The number of aliphatic hydroxyl groups excluding tert-OH is 2. The zero-order valence-corrected chi connectivity index (χ0v) is 15.3. The normalized spacial score (nSPS) is 27.9. The summed E-state index contributed by atoms with van der Waals surface area (Å²) in [6.07, 6.45) is -6.18. The molecule has 2 aromatic heterocycles. The molecule has 1 aliphatic heterocycles. The molecule has 1 aliphatic rings. The van der Waals surface area contributed by atoms with Crippen LogP contribution < -0.4 is 5.73 Å². The van der Waals surface area contributed by atoms with Crippen LogP contribution in [-0.4, -0.2) is 69.3 Å². The Bertz CT molecular complexity index is 983. The first-order chi connectivity index (χ1) is 12.9. The molecule has 1 unspecified atom stereocenters. The van der Waals surface area contributed by atoms with Crippen LogP contribution in [-0.2, 0) is 22.7 Å². The summed E-state index contributed by atoms with van der Waals surface area (Å²) in [5.41, 5.74) is 5.38. The maximum atomic E-state index is 13.4. The van der Waals surface area contributed by atoms with Crippen molar-refractivity contribution >= 4 is 32.6 Å². The third-order valence-corrected chi connectivity index (χ3v) is 5.80. The van der Waals surface area contributed by atoms with Gasteiger partial charge < -0.3 is 35.4 Å². The second-order valence-corrected chi connectivity index (χ2v) is 8.41. The maximum absolute atomic E-state index is 13.4. The smallest absolute Gasteiger partial charge is 0.387 e. The highest BCUT2D eigenvalue weighted by Gasteiger charge is 2.46. The van der Waals surface area contributed by atoms with Crippen molar-refractivity contribution in [2.45, 2.75) is 24.5 Å².